The van der Waals surface area contributed by atoms with Gasteiger partial charge < -0.3 is 5.11 Å². The van der Waals surface area contributed by atoms with Crippen molar-refractivity contribution in [3.05, 3.63) is 41.0 Å². The Morgan fingerprint density at radius 2 is 2.05 bits per heavy atom. The second-order valence-corrected chi connectivity index (χ2v) is 5.40. The molecule has 104 valence electrons. The van der Waals surface area contributed by atoms with Gasteiger partial charge in [-0.3, -0.25) is 4.79 Å². The van der Waals surface area contributed by atoms with Gasteiger partial charge in [-0.1, -0.05) is 38.1 Å². The Bertz CT molecular complexity index is 470. The quantitative estimate of drug-likeness (QED) is 0.747. The average Bonchev–Trinajstić information content (AvgIpc) is 2.34. The first-order valence-electron chi connectivity index (χ1n) is 6.91. The fourth-order valence-corrected chi connectivity index (χ4v) is 2.11. The fourth-order valence-electron chi connectivity index (χ4n) is 2.11. The molecule has 2 nitrogen and oxygen atoms in total. The Morgan fingerprint density at radius 3 is 2.63 bits per heavy atom. The van der Waals surface area contributed by atoms with Crippen LogP contribution in [0.15, 0.2) is 24.3 Å². The van der Waals surface area contributed by atoms with Gasteiger partial charge in [0.2, 0.25) is 0 Å². The minimum Gasteiger partial charge on any atom is -0.481 e. The molecule has 0 fully saturated rings. The SMILES string of the molecule is C/C(=C\CCCC(=O)O)c1cc(C(C)C)ccc1C. The number of rotatable bonds is 6. The van der Waals surface area contributed by atoms with E-state index in [0.717, 1.165) is 6.42 Å². The highest BCUT2D eigenvalue weighted by atomic mass is 16.4. The van der Waals surface area contributed by atoms with E-state index in [9.17, 15) is 4.79 Å². The molecule has 0 radical (unpaired) electrons. The molecular formula is C17H24O2. The van der Waals surface area contributed by atoms with E-state index >= 15 is 0 Å². The van der Waals surface area contributed by atoms with Crippen LogP contribution < -0.4 is 0 Å². The summed E-state index contributed by atoms with van der Waals surface area (Å²) >= 11 is 0. The predicted octanol–water partition coefficient (Wildman–Crippen LogP) is 4.78. The summed E-state index contributed by atoms with van der Waals surface area (Å²) in [6, 6.07) is 6.60. The van der Waals surface area contributed by atoms with Gasteiger partial charge in [0.15, 0.2) is 0 Å². The molecule has 0 bridgehead atoms. The molecule has 0 heterocycles. The summed E-state index contributed by atoms with van der Waals surface area (Å²) in [5.41, 5.74) is 5.14. The predicted molar refractivity (Wildman–Crippen MR) is 80.4 cm³/mol. The standard InChI is InChI=1S/C17H24O2/c1-12(2)15-10-9-14(4)16(11-15)13(3)7-5-6-8-17(18)19/h7,9-12H,5-6,8H2,1-4H3,(H,18,19)/b13-7+. The van der Waals surface area contributed by atoms with Gasteiger partial charge >= 0.3 is 5.97 Å². The molecule has 2 heteroatoms. The molecular weight excluding hydrogens is 236 g/mol. The average molecular weight is 260 g/mol. The molecule has 0 aliphatic carbocycles. The van der Waals surface area contributed by atoms with Crippen molar-refractivity contribution in [3.8, 4) is 0 Å². The van der Waals surface area contributed by atoms with Gasteiger partial charge in [-0.05, 0) is 54.9 Å². The van der Waals surface area contributed by atoms with Crippen LogP contribution >= 0.6 is 0 Å². The van der Waals surface area contributed by atoms with Crippen molar-refractivity contribution >= 4 is 11.5 Å². The number of benzene rings is 1. The van der Waals surface area contributed by atoms with Crippen molar-refractivity contribution in [1.82, 2.24) is 0 Å². The first-order valence-corrected chi connectivity index (χ1v) is 6.91. The Balaban J connectivity index is 2.80. The van der Waals surface area contributed by atoms with Crippen LogP contribution in [0.25, 0.3) is 5.57 Å². The van der Waals surface area contributed by atoms with Gasteiger partial charge in [-0.15, -0.1) is 0 Å². The molecule has 0 aliphatic rings. The Morgan fingerprint density at radius 1 is 1.37 bits per heavy atom. The minimum atomic E-state index is -0.718. The molecule has 1 aromatic carbocycles. The molecule has 0 aromatic heterocycles. The number of allylic oxidation sites excluding steroid dienone is 2. The maximum atomic E-state index is 10.5. The number of carbonyl (C=O) groups is 1. The van der Waals surface area contributed by atoms with Crippen molar-refractivity contribution in [1.29, 1.82) is 0 Å². The molecule has 1 rings (SSSR count). The van der Waals surface area contributed by atoms with Gasteiger partial charge in [0, 0.05) is 6.42 Å². The number of aliphatic carboxylic acids is 1. The molecule has 0 spiro atoms. The summed E-state index contributed by atoms with van der Waals surface area (Å²) in [7, 11) is 0. The third-order valence-electron chi connectivity index (χ3n) is 3.40. The van der Waals surface area contributed by atoms with Crippen LogP contribution in [0, 0.1) is 6.92 Å². The normalized spacial score (nSPS) is 11.9. The van der Waals surface area contributed by atoms with Crippen molar-refractivity contribution < 1.29 is 9.90 Å². The number of hydrogen-bond acceptors (Lipinski definition) is 1. The maximum absolute atomic E-state index is 10.5. The summed E-state index contributed by atoms with van der Waals surface area (Å²) in [6.07, 6.45) is 3.92. The Hall–Kier alpha value is -1.57. The largest absolute Gasteiger partial charge is 0.481 e. The summed E-state index contributed by atoms with van der Waals surface area (Å²) in [6.45, 7) is 8.61. The second-order valence-electron chi connectivity index (χ2n) is 5.40. The van der Waals surface area contributed by atoms with Crippen LogP contribution in [0.3, 0.4) is 0 Å². The Labute approximate surface area is 116 Å². The second kappa shape index (κ2) is 7.13. The summed E-state index contributed by atoms with van der Waals surface area (Å²) in [4.78, 5) is 10.5. The highest BCUT2D eigenvalue weighted by Gasteiger charge is 2.05. The van der Waals surface area contributed by atoms with Gasteiger partial charge in [-0.2, -0.15) is 0 Å². The zero-order valence-corrected chi connectivity index (χ0v) is 12.4. The first-order chi connectivity index (χ1) is 8.91. The van der Waals surface area contributed by atoms with Crippen molar-refractivity contribution in [2.75, 3.05) is 0 Å². The molecule has 0 aliphatic heterocycles. The lowest BCUT2D eigenvalue weighted by molar-refractivity contribution is -0.137. The molecule has 0 saturated carbocycles. The molecule has 1 aromatic rings. The van der Waals surface area contributed by atoms with Crippen LogP contribution in [0.1, 0.15) is 62.6 Å². The van der Waals surface area contributed by atoms with E-state index in [-0.39, 0.29) is 6.42 Å². The topological polar surface area (TPSA) is 37.3 Å². The van der Waals surface area contributed by atoms with Gasteiger partial charge in [-0.25, -0.2) is 0 Å². The van der Waals surface area contributed by atoms with Crippen LogP contribution in [-0.4, -0.2) is 11.1 Å². The van der Waals surface area contributed by atoms with Crippen molar-refractivity contribution in [2.24, 2.45) is 0 Å². The van der Waals surface area contributed by atoms with E-state index in [4.69, 9.17) is 5.11 Å². The number of carboxylic acid groups (broad SMARTS) is 1. The molecule has 0 saturated heterocycles. The summed E-state index contributed by atoms with van der Waals surface area (Å²) in [5.74, 6) is -0.191. The van der Waals surface area contributed by atoms with Crippen LogP contribution in [0.5, 0.6) is 0 Å². The molecule has 0 atom stereocenters. The lowest BCUT2D eigenvalue weighted by atomic mass is 9.94. The molecule has 1 N–H and O–H groups in total. The maximum Gasteiger partial charge on any atom is 0.303 e. The van der Waals surface area contributed by atoms with E-state index < -0.39 is 5.97 Å². The van der Waals surface area contributed by atoms with Crippen LogP contribution in [-0.2, 0) is 4.79 Å². The molecule has 0 amide bonds. The monoisotopic (exact) mass is 260 g/mol. The lowest BCUT2D eigenvalue weighted by Gasteiger charge is -2.12. The lowest BCUT2D eigenvalue weighted by Crippen LogP contribution is -1.94. The van der Waals surface area contributed by atoms with E-state index in [0.29, 0.717) is 12.3 Å². The van der Waals surface area contributed by atoms with Crippen molar-refractivity contribution in [3.63, 3.8) is 0 Å². The third kappa shape index (κ3) is 4.90. The minimum absolute atomic E-state index is 0.245. The van der Waals surface area contributed by atoms with Gasteiger partial charge in [0.05, 0.1) is 0 Å². The van der Waals surface area contributed by atoms with Crippen LogP contribution in [0.2, 0.25) is 0 Å². The molecule has 19 heavy (non-hydrogen) atoms. The highest BCUT2D eigenvalue weighted by Crippen LogP contribution is 2.24. The Kier molecular flexibility index (Phi) is 5.81. The van der Waals surface area contributed by atoms with Crippen molar-refractivity contribution in [2.45, 2.75) is 52.9 Å². The zero-order chi connectivity index (χ0) is 14.4. The third-order valence-corrected chi connectivity index (χ3v) is 3.40. The van der Waals surface area contributed by atoms with Crippen LogP contribution in [0.4, 0.5) is 0 Å². The number of carboxylic acids is 1. The van der Waals surface area contributed by atoms with E-state index in [1.54, 1.807) is 0 Å². The number of aryl methyl sites for hydroxylation is 1. The van der Waals surface area contributed by atoms with Gasteiger partial charge in [0.1, 0.15) is 0 Å². The highest BCUT2D eigenvalue weighted by molar-refractivity contribution is 5.68. The van der Waals surface area contributed by atoms with E-state index in [1.807, 2.05) is 0 Å². The number of hydrogen-bond donors (Lipinski definition) is 1. The zero-order valence-electron chi connectivity index (χ0n) is 12.4. The number of unbranched alkanes of at least 4 members (excludes halogenated alkanes) is 1. The fraction of sp³-hybridized carbons (Fsp3) is 0.471. The molecule has 0 unspecified atom stereocenters. The smallest absolute Gasteiger partial charge is 0.303 e. The summed E-state index contributed by atoms with van der Waals surface area (Å²) < 4.78 is 0. The van der Waals surface area contributed by atoms with Gasteiger partial charge in [0.25, 0.3) is 0 Å². The van der Waals surface area contributed by atoms with E-state index in [1.165, 1.54) is 22.3 Å². The van der Waals surface area contributed by atoms with E-state index in [2.05, 4.69) is 52.0 Å². The first kappa shape index (κ1) is 15.5. The summed E-state index contributed by atoms with van der Waals surface area (Å²) in [5, 5.41) is 8.62.